The van der Waals surface area contributed by atoms with E-state index in [1.165, 1.54) is 13.8 Å². The van der Waals surface area contributed by atoms with Gasteiger partial charge in [-0.25, -0.2) is 13.1 Å². The number of esters is 1. The highest BCUT2D eigenvalue weighted by atomic mass is 32.2. The van der Waals surface area contributed by atoms with Gasteiger partial charge >= 0.3 is 5.97 Å². The second-order valence-corrected chi connectivity index (χ2v) is 5.28. The average molecular weight is 225 g/mol. The molecule has 0 aromatic carbocycles. The molecule has 0 radical (unpaired) electrons. The van der Waals surface area contributed by atoms with Gasteiger partial charge in [0.2, 0.25) is 10.0 Å². The minimum Gasteiger partial charge on any atom is -0.468 e. The van der Waals surface area contributed by atoms with Crippen molar-refractivity contribution >= 4 is 16.0 Å². The summed E-state index contributed by atoms with van der Waals surface area (Å²) in [6.07, 6.45) is 0. The summed E-state index contributed by atoms with van der Waals surface area (Å²) >= 11 is 0. The predicted octanol–water partition coefficient (Wildman–Crippen LogP) is -1.15. The number of rotatable bonds is 5. The number of hydrogen-bond donors (Lipinski definition) is 2. The van der Waals surface area contributed by atoms with Crippen LogP contribution in [0.1, 0.15) is 13.8 Å². The maximum Gasteiger partial charge on any atom is 0.322 e. The number of carbonyl (C=O) groups is 1. The molecule has 0 heterocycles. The predicted molar refractivity (Wildman–Crippen MR) is 50.1 cm³/mol. The van der Waals surface area contributed by atoms with E-state index in [-0.39, 0.29) is 6.54 Å². The molecule has 0 saturated heterocycles. The van der Waals surface area contributed by atoms with Crippen LogP contribution in [0, 0.1) is 0 Å². The Morgan fingerprint density at radius 3 is 2.36 bits per heavy atom. The molecule has 0 unspecified atom stereocenters. The lowest BCUT2D eigenvalue weighted by Gasteiger charge is -2.17. The second kappa shape index (κ2) is 4.72. The van der Waals surface area contributed by atoms with E-state index in [2.05, 4.69) is 9.46 Å². The molecule has 6 nitrogen and oxygen atoms in total. The summed E-state index contributed by atoms with van der Waals surface area (Å²) in [5.41, 5.74) is -1.15. The zero-order chi connectivity index (χ0) is 11.4. The Labute approximate surface area is 83.3 Å². The summed E-state index contributed by atoms with van der Waals surface area (Å²) in [4.78, 5) is 10.6. The molecule has 14 heavy (non-hydrogen) atoms. The molecule has 84 valence electrons. The minimum absolute atomic E-state index is 0.147. The number of aliphatic hydroxyl groups is 1. The van der Waals surface area contributed by atoms with E-state index >= 15 is 0 Å². The van der Waals surface area contributed by atoms with Gasteiger partial charge < -0.3 is 9.84 Å². The smallest absolute Gasteiger partial charge is 0.322 e. The van der Waals surface area contributed by atoms with Crippen LogP contribution in [0.3, 0.4) is 0 Å². The molecule has 0 fully saturated rings. The van der Waals surface area contributed by atoms with Gasteiger partial charge in [-0.3, -0.25) is 4.79 Å². The first kappa shape index (κ1) is 13.3. The molecular formula is C7H15NO5S. The summed E-state index contributed by atoms with van der Waals surface area (Å²) in [5, 5.41) is 9.23. The lowest BCUT2D eigenvalue weighted by atomic mass is 10.1. The van der Waals surface area contributed by atoms with E-state index < -0.39 is 27.3 Å². The fourth-order valence-electron chi connectivity index (χ4n) is 0.552. The Balaban J connectivity index is 4.17. The Morgan fingerprint density at radius 2 is 2.00 bits per heavy atom. The van der Waals surface area contributed by atoms with E-state index in [0.717, 1.165) is 7.11 Å². The number of carbonyl (C=O) groups excluding carboxylic acids is 1. The van der Waals surface area contributed by atoms with Crippen molar-refractivity contribution in [3.8, 4) is 0 Å². The molecule has 0 aromatic heterocycles. The number of nitrogens with one attached hydrogen (secondary N) is 1. The monoisotopic (exact) mass is 225 g/mol. The van der Waals surface area contributed by atoms with E-state index in [4.69, 9.17) is 0 Å². The maximum absolute atomic E-state index is 11.1. The van der Waals surface area contributed by atoms with Crippen molar-refractivity contribution in [1.29, 1.82) is 0 Å². The van der Waals surface area contributed by atoms with E-state index in [1.807, 2.05) is 0 Å². The highest BCUT2D eigenvalue weighted by Gasteiger charge is 2.20. The van der Waals surface area contributed by atoms with Crippen molar-refractivity contribution in [2.75, 3.05) is 19.4 Å². The molecule has 0 aliphatic carbocycles. The summed E-state index contributed by atoms with van der Waals surface area (Å²) in [6, 6.07) is 0. The quantitative estimate of drug-likeness (QED) is 0.576. The van der Waals surface area contributed by atoms with Crippen molar-refractivity contribution < 1.29 is 23.1 Å². The van der Waals surface area contributed by atoms with E-state index in [1.54, 1.807) is 0 Å². The molecule has 0 rings (SSSR count). The topological polar surface area (TPSA) is 92.7 Å². The first-order chi connectivity index (χ1) is 6.16. The SMILES string of the molecule is COC(=O)CS(=O)(=O)NCC(C)(C)O. The van der Waals surface area contributed by atoms with Gasteiger partial charge in [-0.1, -0.05) is 0 Å². The van der Waals surface area contributed by atoms with Crippen molar-refractivity contribution in [3.05, 3.63) is 0 Å². The van der Waals surface area contributed by atoms with Crippen molar-refractivity contribution in [2.45, 2.75) is 19.4 Å². The lowest BCUT2D eigenvalue weighted by molar-refractivity contribution is -0.137. The van der Waals surface area contributed by atoms with Gasteiger partial charge in [0.1, 0.15) is 0 Å². The highest BCUT2D eigenvalue weighted by Crippen LogP contribution is 1.99. The van der Waals surface area contributed by atoms with Crippen LogP contribution in [0.4, 0.5) is 0 Å². The molecule has 0 saturated carbocycles. The molecule has 7 heteroatoms. The van der Waals surface area contributed by atoms with Crippen molar-refractivity contribution in [3.63, 3.8) is 0 Å². The fourth-order valence-corrected chi connectivity index (χ4v) is 1.66. The molecule has 0 aliphatic rings. The number of hydrogen-bond acceptors (Lipinski definition) is 5. The first-order valence-electron chi connectivity index (χ1n) is 3.93. The van der Waals surface area contributed by atoms with Gasteiger partial charge in [-0.2, -0.15) is 0 Å². The third-order valence-corrected chi connectivity index (χ3v) is 2.46. The average Bonchev–Trinajstić information content (AvgIpc) is 1.99. The van der Waals surface area contributed by atoms with Crippen LogP contribution in [-0.4, -0.2) is 44.5 Å². The number of sulfonamides is 1. The van der Waals surface area contributed by atoms with Crippen LogP contribution in [0.2, 0.25) is 0 Å². The third-order valence-electron chi connectivity index (χ3n) is 1.26. The Morgan fingerprint density at radius 1 is 1.50 bits per heavy atom. The first-order valence-corrected chi connectivity index (χ1v) is 5.58. The van der Waals surface area contributed by atoms with Crippen LogP contribution in [0.5, 0.6) is 0 Å². The molecular weight excluding hydrogens is 210 g/mol. The second-order valence-electron chi connectivity index (χ2n) is 3.47. The molecule has 2 N–H and O–H groups in total. The van der Waals surface area contributed by atoms with E-state index in [0.29, 0.717) is 0 Å². The van der Waals surface area contributed by atoms with Crippen molar-refractivity contribution in [2.24, 2.45) is 0 Å². The molecule has 0 aliphatic heterocycles. The summed E-state index contributed by atoms with van der Waals surface area (Å²) in [5.74, 6) is -1.58. The van der Waals surface area contributed by atoms with Crippen LogP contribution in [0.15, 0.2) is 0 Å². The number of ether oxygens (including phenoxy) is 1. The summed E-state index contributed by atoms with van der Waals surface area (Å²) < 4.78 is 28.5. The van der Waals surface area contributed by atoms with Crippen LogP contribution in [-0.2, 0) is 19.6 Å². The Kier molecular flexibility index (Phi) is 4.50. The Bertz CT molecular complexity index is 290. The van der Waals surface area contributed by atoms with Crippen LogP contribution >= 0.6 is 0 Å². The van der Waals surface area contributed by atoms with Gasteiger partial charge in [0.15, 0.2) is 5.75 Å². The van der Waals surface area contributed by atoms with Crippen LogP contribution < -0.4 is 4.72 Å². The molecule has 0 bridgehead atoms. The third kappa shape index (κ3) is 6.81. The van der Waals surface area contributed by atoms with Gasteiger partial charge in [-0.05, 0) is 13.8 Å². The fraction of sp³-hybridized carbons (Fsp3) is 0.857. The molecule has 0 atom stereocenters. The number of methoxy groups -OCH3 is 1. The zero-order valence-corrected chi connectivity index (χ0v) is 9.22. The summed E-state index contributed by atoms with van der Waals surface area (Å²) in [7, 11) is -2.61. The molecule has 0 amide bonds. The molecule has 0 aromatic rings. The maximum atomic E-state index is 11.1. The van der Waals surface area contributed by atoms with E-state index in [9.17, 15) is 18.3 Å². The van der Waals surface area contributed by atoms with Gasteiger partial charge in [0.05, 0.1) is 12.7 Å². The van der Waals surface area contributed by atoms with Gasteiger partial charge in [0.25, 0.3) is 0 Å². The zero-order valence-electron chi connectivity index (χ0n) is 8.40. The summed E-state index contributed by atoms with van der Waals surface area (Å²) in [6.45, 7) is 2.76. The minimum atomic E-state index is -3.71. The van der Waals surface area contributed by atoms with Gasteiger partial charge in [0, 0.05) is 6.54 Å². The van der Waals surface area contributed by atoms with Crippen LogP contribution in [0.25, 0.3) is 0 Å². The largest absolute Gasteiger partial charge is 0.468 e. The van der Waals surface area contributed by atoms with Gasteiger partial charge in [-0.15, -0.1) is 0 Å². The highest BCUT2D eigenvalue weighted by molar-refractivity contribution is 7.90. The normalized spacial score (nSPS) is 12.6. The Hall–Kier alpha value is -0.660. The molecule has 0 spiro atoms. The standard InChI is InChI=1S/C7H15NO5S/c1-7(2,10)5-8-14(11,12)4-6(9)13-3/h8,10H,4-5H2,1-3H3. The van der Waals surface area contributed by atoms with Crippen molar-refractivity contribution in [1.82, 2.24) is 4.72 Å². The lowest BCUT2D eigenvalue weighted by Crippen LogP contribution is -2.40.